The van der Waals surface area contributed by atoms with Crippen LogP contribution in [0.25, 0.3) is 0 Å². The summed E-state index contributed by atoms with van der Waals surface area (Å²) in [5.41, 5.74) is 6.23. The van der Waals surface area contributed by atoms with Gasteiger partial charge in [0.2, 0.25) is 6.10 Å². The van der Waals surface area contributed by atoms with E-state index in [0.717, 1.165) is 0 Å². The summed E-state index contributed by atoms with van der Waals surface area (Å²) in [7, 11) is 1.42. The summed E-state index contributed by atoms with van der Waals surface area (Å²) >= 11 is 0. The molecule has 0 saturated heterocycles. The monoisotopic (exact) mass is 357 g/mol. The van der Waals surface area contributed by atoms with Crippen LogP contribution in [-0.2, 0) is 14.3 Å². The van der Waals surface area contributed by atoms with Crippen LogP contribution in [0.3, 0.4) is 0 Å². The van der Waals surface area contributed by atoms with Gasteiger partial charge in [0.05, 0.1) is 7.11 Å². The number of carbonyl (C=O) groups is 3. The molecular weight excluding hydrogens is 338 g/mol. The average Bonchev–Trinajstić information content (AvgIpc) is 2.64. The second kappa shape index (κ2) is 8.66. The first-order valence-corrected chi connectivity index (χ1v) is 7.78. The van der Waals surface area contributed by atoms with Gasteiger partial charge in [0.15, 0.2) is 23.9 Å². The molecule has 0 bridgehead atoms. The zero-order valence-corrected chi connectivity index (χ0v) is 14.4. The lowest BCUT2D eigenvalue weighted by Crippen LogP contribution is -2.28. The average molecular weight is 357 g/mol. The van der Waals surface area contributed by atoms with Crippen LogP contribution in [0.2, 0.25) is 0 Å². The summed E-state index contributed by atoms with van der Waals surface area (Å²) < 4.78 is 15.7. The highest BCUT2D eigenvalue weighted by Crippen LogP contribution is 2.28. The maximum atomic E-state index is 12.0. The summed E-state index contributed by atoms with van der Waals surface area (Å²) in [5, 5.41) is 0. The van der Waals surface area contributed by atoms with Crippen LogP contribution in [0.5, 0.6) is 11.5 Å². The van der Waals surface area contributed by atoms with E-state index in [-0.39, 0.29) is 11.5 Å². The summed E-state index contributed by atoms with van der Waals surface area (Å²) in [6.07, 6.45) is -1.20. The number of methoxy groups -OCH3 is 1. The molecule has 1 unspecified atom stereocenters. The number of ether oxygens (including phenoxy) is 3. The first-order chi connectivity index (χ1) is 12.4. The SMILES string of the molecule is COc1cc(C(C)=O)ccc1OCC(=O)OC(C(N)=O)c1ccccc1. The number of primary amides is 1. The molecule has 0 aliphatic heterocycles. The maximum Gasteiger partial charge on any atom is 0.345 e. The van der Waals surface area contributed by atoms with Crippen molar-refractivity contribution in [2.75, 3.05) is 13.7 Å². The first-order valence-electron chi connectivity index (χ1n) is 7.78. The van der Waals surface area contributed by atoms with E-state index in [1.807, 2.05) is 0 Å². The largest absolute Gasteiger partial charge is 0.493 e. The molecule has 2 rings (SSSR count). The Bertz CT molecular complexity index is 803. The molecule has 2 N–H and O–H groups in total. The highest BCUT2D eigenvalue weighted by Gasteiger charge is 2.23. The summed E-state index contributed by atoms with van der Waals surface area (Å²) in [6, 6.07) is 13.0. The lowest BCUT2D eigenvalue weighted by Gasteiger charge is -2.16. The van der Waals surface area contributed by atoms with Gasteiger partial charge in [0.25, 0.3) is 5.91 Å². The number of amides is 1. The lowest BCUT2D eigenvalue weighted by atomic mass is 10.1. The number of esters is 1. The molecule has 2 aromatic rings. The van der Waals surface area contributed by atoms with E-state index < -0.39 is 24.6 Å². The third-order valence-electron chi connectivity index (χ3n) is 3.53. The topological polar surface area (TPSA) is 105 Å². The third-order valence-corrected chi connectivity index (χ3v) is 3.53. The van der Waals surface area contributed by atoms with Crippen molar-refractivity contribution in [2.24, 2.45) is 5.73 Å². The molecule has 0 aromatic heterocycles. The van der Waals surface area contributed by atoms with Gasteiger partial charge in [-0.1, -0.05) is 30.3 Å². The van der Waals surface area contributed by atoms with E-state index >= 15 is 0 Å². The van der Waals surface area contributed by atoms with Crippen LogP contribution in [-0.4, -0.2) is 31.4 Å². The standard InChI is InChI=1S/C19H19NO6/c1-12(21)14-8-9-15(16(10-14)24-2)25-11-17(22)26-18(19(20)23)13-6-4-3-5-7-13/h3-10,18H,11H2,1-2H3,(H2,20,23). The molecular formula is C19H19NO6. The Kier molecular flexibility index (Phi) is 6.32. The second-order valence-corrected chi connectivity index (χ2v) is 5.39. The Balaban J connectivity index is 2.04. The van der Waals surface area contributed by atoms with Gasteiger partial charge in [-0.3, -0.25) is 9.59 Å². The van der Waals surface area contributed by atoms with Crippen LogP contribution in [0.4, 0.5) is 0 Å². The minimum absolute atomic E-state index is 0.124. The molecule has 7 nitrogen and oxygen atoms in total. The Morgan fingerprint density at radius 3 is 2.31 bits per heavy atom. The van der Waals surface area contributed by atoms with Crippen molar-refractivity contribution < 1.29 is 28.6 Å². The zero-order valence-electron chi connectivity index (χ0n) is 14.4. The molecule has 0 saturated carbocycles. The van der Waals surface area contributed by atoms with Gasteiger partial charge in [-0.2, -0.15) is 0 Å². The van der Waals surface area contributed by atoms with Crippen LogP contribution in [0.1, 0.15) is 28.9 Å². The normalized spacial score (nSPS) is 11.3. The van der Waals surface area contributed by atoms with E-state index in [1.165, 1.54) is 26.2 Å². The fraction of sp³-hybridized carbons (Fsp3) is 0.211. The summed E-state index contributed by atoms with van der Waals surface area (Å²) in [6.45, 7) is 0.979. The van der Waals surface area contributed by atoms with Gasteiger partial charge in [-0.25, -0.2) is 4.79 Å². The highest BCUT2D eigenvalue weighted by atomic mass is 16.6. The van der Waals surface area contributed by atoms with Crippen LogP contribution in [0.15, 0.2) is 48.5 Å². The molecule has 0 heterocycles. The Morgan fingerprint density at radius 1 is 1.04 bits per heavy atom. The van der Waals surface area contributed by atoms with Crippen molar-refractivity contribution >= 4 is 17.7 Å². The van der Waals surface area contributed by atoms with Crippen LogP contribution < -0.4 is 15.2 Å². The highest BCUT2D eigenvalue weighted by molar-refractivity contribution is 5.94. The molecule has 2 aromatic carbocycles. The van der Waals surface area contributed by atoms with E-state index in [1.54, 1.807) is 36.4 Å². The quantitative estimate of drug-likeness (QED) is 0.573. The van der Waals surface area contributed by atoms with Gasteiger partial charge in [0.1, 0.15) is 0 Å². The number of Topliss-reactive ketones (excluding diaryl/α,β-unsaturated/α-hetero) is 1. The van der Waals surface area contributed by atoms with Crippen molar-refractivity contribution in [1.29, 1.82) is 0 Å². The number of hydrogen-bond acceptors (Lipinski definition) is 6. The number of carbonyl (C=O) groups excluding carboxylic acids is 3. The van der Waals surface area contributed by atoms with Crippen molar-refractivity contribution in [2.45, 2.75) is 13.0 Å². The van der Waals surface area contributed by atoms with E-state index in [2.05, 4.69) is 0 Å². The molecule has 136 valence electrons. The van der Waals surface area contributed by atoms with Crippen molar-refractivity contribution in [3.63, 3.8) is 0 Å². The Morgan fingerprint density at radius 2 is 1.73 bits per heavy atom. The van der Waals surface area contributed by atoms with Crippen LogP contribution >= 0.6 is 0 Å². The van der Waals surface area contributed by atoms with Crippen LogP contribution in [0, 0.1) is 0 Å². The van der Waals surface area contributed by atoms with E-state index in [9.17, 15) is 14.4 Å². The molecule has 0 spiro atoms. The molecule has 1 amide bonds. The molecule has 0 radical (unpaired) electrons. The number of ketones is 1. The fourth-order valence-corrected chi connectivity index (χ4v) is 2.23. The minimum Gasteiger partial charge on any atom is -0.493 e. The number of rotatable bonds is 8. The Hall–Kier alpha value is -3.35. The summed E-state index contributed by atoms with van der Waals surface area (Å²) in [5.74, 6) is -1.10. The second-order valence-electron chi connectivity index (χ2n) is 5.39. The molecule has 26 heavy (non-hydrogen) atoms. The van der Waals surface area contributed by atoms with Crippen molar-refractivity contribution in [1.82, 2.24) is 0 Å². The number of benzene rings is 2. The van der Waals surface area contributed by atoms with Gasteiger partial charge in [-0.15, -0.1) is 0 Å². The lowest BCUT2D eigenvalue weighted by molar-refractivity contribution is -0.157. The predicted octanol–water partition coefficient (Wildman–Crippen LogP) is 2.05. The minimum atomic E-state index is -1.20. The fourth-order valence-electron chi connectivity index (χ4n) is 2.23. The number of hydrogen-bond donors (Lipinski definition) is 1. The van der Waals surface area contributed by atoms with E-state index in [4.69, 9.17) is 19.9 Å². The molecule has 0 aliphatic carbocycles. The molecule has 0 aliphatic rings. The Labute approximate surface area is 150 Å². The van der Waals surface area contributed by atoms with Crippen molar-refractivity contribution in [3.8, 4) is 11.5 Å². The van der Waals surface area contributed by atoms with Gasteiger partial charge in [-0.05, 0) is 25.1 Å². The predicted molar refractivity (Wildman–Crippen MR) is 93.0 cm³/mol. The first kappa shape index (κ1) is 19.0. The van der Waals surface area contributed by atoms with Gasteiger partial charge >= 0.3 is 5.97 Å². The molecule has 0 fully saturated rings. The van der Waals surface area contributed by atoms with Gasteiger partial charge < -0.3 is 19.9 Å². The van der Waals surface area contributed by atoms with Gasteiger partial charge in [0, 0.05) is 11.1 Å². The summed E-state index contributed by atoms with van der Waals surface area (Å²) in [4.78, 5) is 35.0. The number of nitrogens with two attached hydrogens (primary N) is 1. The third kappa shape index (κ3) is 4.83. The molecule has 7 heteroatoms. The maximum absolute atomic E-state index is 12.0. The molecule has 1 atom stereocenters. The van der Waals surface area contributed by atoms with E-state index in [0.29, 0.717) is 16.9 Å². The zero-order chi connectivity index (χ0) is 19.1. The smallest absolute Gasteiger partial charge is 0.345 e. The van der Waals surface area contributed by atoms with Crippen molar-refractivity contribution in [3.05, 3.63) is 59.7 Å².